The van der Waals surface area contributed by atoms with Gasteiger partial charge in [0.25, 0.3) is 0 Å². The standard InChI is InChI=1S/C13H10N2O2/c1-8-3-2-4-13-14-9-5-11-12(17-7-16-11)6-10(9)15(8)13/h2-6H,7H2,1H3. The average Bonchev–Trinajstić information content (AvgIpc) is 2.88. The highest BCUT2D eigenvalue weighted by atomic mass is 16.7. The monoisotopic (exact) mass is 226 g/mol. The van der Waals surface area contributed by atoms with Crippen LogP contribution >= 0.6 is 0 Å². The van der Waals surface area contributed by atoms with Crippen LogP contribution in [-0.2, 0) is 0 Å². The molecule has 1 aliphatic rings. The van der Waals surface area contributed by atoms with Crippen LogP contribution in [-0.4, -0.2) is 16.2 Å². The molecule has 0 saturated carbocycles. The molecule has 0 amide bonds. The summed E-state index contributed by atoms with van der Waals surface area (Å²) in [6, 6.07) is 10.0. The molecule has 1 aliphatic heterocycles. The van der Waals surface area contributed by atoms with Gasteiger partial charge in [0.15, 0.2) is 11.5 Å². The lowest BCUT2D eigenvalue weighted by molar-refractivity contribution is 0.174. The van der Waals surface area contributed by atoms with Gasteiger partial charge in [-0.25, -0.2) is 4.98 Å². The van der Waals surface area contributed by atoms with Crippen LogP contribution in [0.4, 0.5) is 0 Å². The van der Waals surface area contributed by atoms with Gasteiger partial charge in [0, 0.05) is 17.8 Å². The Labute approximate surface area is 97.4 Å². The molecular weight excluding hydrogens is 216 g/mol. The van der Waals surface area contributed by atoms with Gasteiger partial charge in [0.1, 0.15) is 5.65 Å². The zero-order valence-electron chi connectivity index (χ0n) is 9.30. The summed E-state index contributed by atoms with van der Waals surface area (Å²) in [6.45, 7) is 2.36. The van der Waals surface area contributed by atoms with E-state index in [1.165, 1.54) is 0 Å². The molecule has 84 valence electrons. The Morgan fingerprint density at radius 1 is 1.18 bits per heavy atom. The van der Waals surface area contributed by atoms with Crippen LogP contribution in [0.15, 0.2) is 30.3 Å². The minimum atomic E-state index is 0.295. The third-order valence-corrected chi connectivity index (χ3v) is 3.11. The minimum Gasteiger partial charge on any atom is -0.454 e. The van der Waals surface area contributed by atoms with E-state index in [0.29, 0.717) is 6.79 Å². The van der Waals surface area contributed by atoms with Crippen molar-refractivity contribution in [3.05, 3.63) is 36.0 Å². The van der Waals surface area contributed by atoms with Gasteiger partial charge in [0.05, 0.1) is 11.0 Å². The summed E-state index contributed by atoms with van der Waals surface area (Å²) < 4.78 is 12.9. The van der Waals surface area contributed by atoms with Gasteiger partial charge in [-0.15, -0.1) is 0 Å². The fourth-order valence-corrected chi connectivity index (χ4v) is 2.32. The molecule has 0 radical (unpaired) electrons. The van der Waals surface area contributed by atoms with Gasteiger partial charge in [0.2, 0.25) is 6.79 Å². The normalized spacial score (nSPS) is 13.7. The van der Waals surface area contributed by atoms with Crippen molar-refractivity contribution in [2.45, 2.75) is 6.92 Å². The summed E-state index contributed by atoms with van der Waals surface area (Å²) in [6.07, 6.45) is 0. The molecule has 0 fully saturated rings. The predicted molar refractivity (Wildman–Crippen MR) is 63.6 cm³/mol. The van der Waals surface area contributed by atoms with Crippen molar-refractivity contribution in [1.82, 2.24) is 9.38 Å². The Morgan fingerprint density at radius 2 is 2.00 bits per heavy atom. The number of imidazole rings is 1. The smallest absolute Gasteiger partial charge is 0.231 e. The highest BCUT2D eigenvalue weighted by molar-refractivity contribution is 5.84. The molecule has 4 nitrogen and oxygen atoms in total. The molecule has 2 aromatic heterocycles. The maximum absolute atomic E-state index is 5.40. The van der Waals surface area contributed by atoms with Gasteiger partial charge in [-0.2, -0.15) is 0 Å². The lowest BCUT2D eigenvalue weighted by Crippen LogP contribution is -1.93. The highest BCUT2D eigenvalue weighted by Gasteiger charge is 2.17. The molecule has 4 rings (SSSR count). The second-order valence-corrected chi connectivity index (χ2v) is 4.17. The number of hydrogen-bond donors (Lipinski definition) is 0. The van der Waals surface area contributed by atoms with E-state index in [2.05, 4.69) is 22.4 Å². The molecule has 0 unspecified atom stereocenters. The molecule has 0 atom stereocenters. The zero-order chi connectivity index (χ0) is 11.4. The van der Waals surface area contributed by atoms with Gasteiger partial charge >= 0.3 is 0 Å². The Kier molecular flexibility index (Phi) is 1.52. The Bertz CT molecular complexity index is 746. The number of pyridine rings is 1. The van der Waals surface area contributed by atoms with Gasteiger partial charge in [-0.3, -0.25) is 4.40 Å². The number of aryl methyl sites for hydroxylation is 1. The third kappa shape index (κ3) is 1.09. The number of rotatable bonds is 0. The summed E-state index contributed by atoms with van der Waals surface area (Å²) in [5, 5.41) is 0. The molecule has 3 aromatic rings. The van der Waals surface area contributed by atoms with Crippen molar-refractivity contribution in [2.75, 3.05) is 6.79 Å². The van der Waals surface area contributed by atoms with Crippen LogP contribution in [0.25, 0.3) is 16.7 Å². The number of benzene rings is 1. The summed E-state index contributed by atoms with van der Waals surface area (Å²) in [5.74, 6) is 1.57. The summed E-state index contributed by atoms with van der Waals surface area (Å²) in [4.78, 5) is 4.58. The van der Waals surface area contributed by atoms with E-state index in [1.54, 1.807) is 0 Å². The van der Waals surface area contributed by atoms with Crippen molar-refractivity contribution in [3.63, 3.8) is 0 Å². The predicted octanol–water partition coefficient (Wildman–Crippen LogP) is 2.52. The zero-order valence-corrected chi connectivity index (χ0v) is 9.30. The number of fused-ring (bicyclic) bond motifs is 4. The molecular formula is C13H10N2O2. The first-order valence-corrected chi connectivity index (χ1v) is 5.50. The molecule has 0 N–H and O–H groups in total. The van der Waals surface area contributed by atoms with Crippen molar-refractivity contribution >= 4 is 16.7 Å². The van der Waals surface area contributed by atoms with Crippen LogP contribution in [0.2, 0.25) is 0 Å². The van der Waals surface area contributed by atoms with Crippen molar-refractivity contribution < 1.29 is 9.47 Å². The van der Waals surface area contributed by atoms with Crippen LogP contribution in [0.1, 0.15) is 5.69 Å². The second-order valence-electron chi connectivity index (χ2n) is 4.17. The quantitative estimate of drug-likeness (QED) is 0.591. The maximum Gasteiger partial charge on any atom is 0.231 e. The van der Waals surface area contributed by atoms with Crippen molar-refractivity contribution in [2.24, 2.45) is 0 Å². The lowest BCUT2D eigenvalue weighted by Gasteiger charge is -2.01. The van der Waals surface area contributed by atoms with Crippen molar-refractivity contribution in [1.29, 1.82) is 0 Å². The Hall–Kier alpha value is -2.23. The van der Waals surface area contributed by atoms with Crippen LogP contribution in [0.5, 0.6) is 11.5 Å². The van der Waals surface area contributed by atoms with E-state index in [-0.39, 0.29) is 0 Å². The number of nitrogens with zero attached hydrogens (tertiary/aromatic N) is 2. The van der Waals surface area contributed by atoms with E-state index >= 15 is 0 Å². The Morgan fingerprint density at radius 3 is 2.88 bits per heavy atom. The van der Waals surface area contributed by atoms with Crippen molar-refractivity contribution in [3.8, 4) is 11.5 Å². The van der Waals surface area contributed by atoms with Gasteiger partial charge in [-0.1, -0.05) is 6.07 Å². The first-order valence-electron chi connectivity index (χ1n) is 5.50. The molecule has 0 spiro atoms. The van der Waals surface area contributed by atoms with Crippen LogP contribution in [0, 0.1) is 6.92 Å². The maximum atomic E-state index is 5.40. The fourth-order valence-electron chi connectivity index (χ4n) is 2.32. The van der Waals surface area contributed by atoms with Gasteiger partial charge < -0.3 is 9.47 Å². The molecule has 4 heteroatoms. The molecule has 0 saturated heterocycles. The van der Waals surface area contributed by atoms with E-state index in [9.17, 15) is 0 Å². The van der Waals surface area contributed by atoms with Gasteiger partial charge in [-0.05, 0) is 19.1 Å². The topological polar surface area (TPSA) is 35.8 Å². The first kappa shape index (κ1) is 8.87. The average molecular weight is 226 g/mol. The summed E-state index contributed by atoms with van der Waals surface area (Å²) in [7, 11) is 0. The number of aromatic nitrogens is 2. The fraction of sp³-hybridized carbons (Fsp3) is 0.154. The van der Waals surface area contributed by atoms with Crippen LogP contribution in [0.3, 0.4) is 0 Å². The first-order chi connectivity index (χ1) is 8.33. The molecule has 3 heterocycles. The molecule has 1 aromatic carbocycles. The largest absolute Gasteiger partial charge is 0.454 e. The molecule has 0 aliphatic carbocycles. The summed E-state index contributed by atoms with van der Waals surface area (Å²) in [5.41, 5.74) is 4.10. The van der Waals surface area contributed by atoms with E-state index < -0.39 is 0 Å². The Balaban J connectivity index is 2.21. The SMILES string of the molecule is Cc1cccc2nc3cc4c(cc3n12)OCO4. The van der Waals surface area contributed by atoms with E-state index in [4.69, 9.17) is 9.47 Å². The summed E-state index contributed by atoms with van der Waals surface area (Å²) >= 11 is 0. The lowest BCUT2D eigenvalue weighted by atomic mass is 10.2. The second kappa shape index (κ2) is 2.91. The van der Waals surface area contributed by atoms with E-state index in [0.717, 1.165) is 33.9 Å². The number of ether oxygens (including phenoxy) is 2. The highest BCUT2D eigenvalue weighted by Crippen LogP contribution is 2.36. The molecule has 0 bridgehead atoms. The number of hydrogen-bond acceptors (Lipinski definition) is 3. The minimum absolute atomic E-state index is 0.295. The van der Waals surface area contributed by atoms with Crippen LogP contribution < -0.4 is 9.47 Å². The van der Waals surface area contributed by atoms with E-state index in [1.807, 2.05) is 24.3 Å². The molecule has 17 heavy (non-hydrogen) atoms. The third-order valence-electron chi connectivity index (χ3n) is 3.11.